The van der Waals surface area contributed by atoms with Gasteiger partial charge in [-0.1, -0.05) is 0 Å². The SMILES string of the molecule is Cc1cc(OCC[OH2+])cnc1N1CCN(c2cc(-c3ccc(F)cc3)nc(N3CCC[C@H]3CO)n2)[C@H](C)C1. The molecule has 0 radical (unpaired) electrons. The molecule has 2 aliphatic rings. The molecule has 10 heteroatoms. The predicted octanol–water partition coefficient (Wildman–Crippen LogP) is 2.77. The minimum Gasteiger partial charge on any atom is -0.484 e. The number of hydrogen-bond donors (Lipinski definition) is 1. The summed E-state index contributed by atoms with van der Waals surface area (Å²) < 4.78 is 19.2. The third-order valence-corrected chi connectivity index (χ3v) is 7.30. The first kappa shape index (κ1) is 26.1. The third-order valence-electron chi connectivity index (χ3n) is 7.30. The summed E-state index contributed by atoms with van der Waals surface area (Å²) in [5, 5.41) is 17.2. The van der Waals surface area contributed by atoms with Crippen LogP contribution in [0.3, 0.4) is 0 Å². The van der Waals surface area contributed by atoms with Crippen LogP contribution < -0.4 is 19.4 Å². The largest absolute Gasteiger partial charge is 0.484 e. The van der Waals surface area contributed by atoms with E-state index in [0.29, 0.717) is 18.3 Å². The summed E-state index contributed by atoms with van der Waals surface area (Å²) in [6.45, 7) is 7.95. The average molecular weight is 524 g/mol. The number of rotatable bonds is 8. The fourth-order valence-electron chi connectivity index (χ4n) is 5.37. The van der Waals surface area contributed by atoms with Crippen molar-refractivity contribution in [3.05, 3.63) is 54.0 Å². The second-order valence-corrected chi connectivity index (χ2v) is 9.99. The molecular formula is C28H36FN6O3+. The molecule has 2 fully saturated rings. The van der Waals surface area contributed by atoms with Gasteiger partial charge in [-0.2, -0.15) is 4.98 Å². The molecule has 0 unspecified atom stereocenters. The molecule has 3 N–H and O–H groups in total. The van der Waals surface area contributed by atoms with E-state index in [4.69, 9.17) is 19.8 Å². The number of halogens is 1. The fraction of sp³-hybridized carbons (Fsp3) is 0.464. The summed E-state index contributed by atoms with van der Waals surface area (Å²) in [4.78, 5) is 21.2. The van der Waals surface area contributed by atoms with Crippen molar-refractivity contribution in [2.24, 2.45) is 0 Å². The van der Waals surface area contributed by atoms with Gasteiger partial charge in [0.2, 0.25) is 5.95 Å². The number of aryl methyl sites for hydroxylation is 1. The van der Waals surface area contributed by atoms with E-state index in [1.807, 2.05) is 19.1 Å². The van der Waals surface area contributed by atoms with E-state index in [0.717, 1.165) is 67.5 Å². The first-order valence-corrected chi connectivity index (χ1v) is 13.2. The zero-order valence-corrected chi connectivity index (χ0v) is 22.0. The van der Waals surface area contributed by atoms with Crippen molar-refractivity contribution in [1.82, 2.24) is 15.0 Å². The first-order valence-electron chi connectivity index (χ1n) is 13.2. The molecule has 0 saturated carbocycles. The maximum absolute atomic E-state index is 13.6. The van der Waals surface area contributed by atoms with Crippen LogP contribution in [0, 0.1) is 12.7 Å². The monoisotopic (exact) mass is 523 g/mol. The third kappa shape index (κ3) is 5.51. The predicted molar refractivity (Wildman–Crippen MR) is 147 cm³/mol. The van der Waals surface area contributed by atoms with Crippen LogP contribution >= 0.6 is 0 Å². The van der Waals surface area contributed by atoms with Gasteiger partial charge in [0, 0.05) is 43.9 Å². The Labute approximate surface area is 222 Å². The molecule has 0 spiro atoms. The normalized spacial score (nSPS) is 19.8. The van der Waals surface area contributed by atoms with Crippen LogP contribution in [-0.4, -0.2) is 83.2 Å². The van der Waals surface area contributed by atoms with Gasteiger partial charge in [-0.15, -0.1) is 0 Å². The number of nitrogens with zero attached hydrogens (tertiary/aromatic N) is 6. The highest BCUT2D eigenvalue weighted by Crippen LogP contribution is 2.31. The molecule has 1 aromatic carbocycles. The van der Waals surface area contributed by atoms with E-state index in [1.165, 1.54) is 12.1 Å². The number of piperazine rings is 1. The van der Waals surface area contributed by atoms with Crippen molar-refractivity contribution < 1.29 is 19.3 Å². The van der Waals surface area contributed by atoms with Crippen LogP contribution in [-0.2, 0) is 0 Å². The second kappa shape index (κ2) is 11.5. The molecule has 0 amide bonds. The van der Waals surface area contributed by atoms with Crippen LogP contribution in [0.1, 0.15) is 25.3 Å². The molecule has 202 valence electrons. The van der Waals surface area contributed by atoms with Gasteiger partial charge < -0.3 is 29.6 Å². The lowest BCUT2D eigenvalue weighted by Crippen LogP contribution is -2.53. The number of benzene rings is 1. The van der Waals surface area contributed by atoms with Crippen molar-refractivity contribution in [3.63, 3.8) is 0 Å². The molecule has 5 rings (SSSR count). The van der Waals surface area contributed by atoms with Crippen LogP contribution in [0.15, 0.2) is 42.6 Å². The Hall–Kier alpha value is -3.50. The van der Waals surface area contributed by atoms with Gasteiger partial charge in [-0.25, -0.2) is 14.4 Å². The number of aliphatic hydroxyl groups excluding tert-OH is 1. The fourth-order valence-corrected chi connectivity index (χ4v) is 5.37. The summed E-state index contributed by atoms with van der Waals surface area (Å²) >= 11 is 0. The van der Waals surface area contributed by atoms with Crippen molar-refractivity contribution in [2.45, 2.75) is 38.8 Å². The number of aromatic nitrogens is 3. The van der Waals surface area contributed by atoms with Crippen molar-refractivity contribution >= 4 is 17.6 Å². The maximum Gasteiger partial charge on any atom is 0.228 e. The Kier molecular flexibility index (Phi) is 7.90. The lowest BCUT2D eigenvalue weighted by atomic mass is 10.1. The minimum atomic E-state index is -0.284. The highest BCUT2D eigenvalue weighted by Gasteiger charge is 2.30. The Morgan fingerprint density at radius 2 is 1.92 bits per heavy atom. The summed E-state index contributed by atoms with van der Waals surface area (Å²) in [6, 6.07) is 10.5. The van der Waals surface area contributed by atoms with Crippen LogP contribution in [0.5, 0.6) is 5.75 Å². The molecule has 2 saturated heterocycles. The van der Waals surface area contributed by atoms with Gasteiger partial charge in [0.25, 0.3) is 0 Å². The van der Waals surface area contributed by atoms with Crippen LogP contribution in [0.4, 0.5) is 22.0 Å². The summed E-state index contributed by atoms with van der Waals surface area (Å²) in [6.07, 6.45) is 3.62. The Balaban J connectivity index is 1.41. The number of ether oxygens (including phenoxy) is 1. The maximum atomic E-state index is 13.6. The molecule has 38 heavy (non-hydrogen) atoms. The molecular weight excluding hydrogens is 487 g/mol. The number of aliphatic hydroxyl groups is 1. The smallest absolute Gasteiger partial charge is 0.228 e. The van der Waals surface area contributed by atoms with Gasteiger partial charge in [-0.3, -0.25) is 0 Å². The van der Waals surface area contributed by atoms with Gasteiger partial charge in [0.05, 0.1) is 24.5 Å². The topological polar surface area (TPSA) is 101 Å². The standard InChI is InChI=1S/C28H35FN6O3/c1-19-14-24(38-13-12-36)16-30-27(19)33-10-11-34(20(2)17-33)26-15-25(21-5-7-22(29)8-6-21)31-28(32-26)35-9-3-4-23(35)18-37/h5-8,14-16,20,23,36-37H,3-4,9-13,17-18H2,1-2H3/p+1/t20-,23+/m1/s1. The van der Waals surface area contributed by atoms with E-state index >= 15 is 0 Å². The molecule has 9 nitrogen and oxygen atoms in total. The highest BCUT2D eigenvalue weighted by atomic mass is 19.1. The van der Waals surface area contributed by atoms with Gasteiger partial charge in [0.1, 0.15) is 23.2 Å². The molecule has 0 aliphatic carbocycles. The van der Waals surface area contributed by atoms with E-state index < -0.39 is 0 Å². The molecule has 2 aliphatic heterocycles. The minimum absolute atomic E-state index is 0.00250. The number of hydrogen-bond acceptors (Lipinski definition) is 8. The van der Waals surface area contributed by atoms with E-state index in [1.54, 1.807) is 18.3 Å². The number of pyridine rings is 1. The van der Waals surface area contributed by atoms with Crippen LogP contribution in [0.2, 0.25) is 0 Å². The Bertz CT molecular complexity index is 1240. The van der Waals surface area contributed by atoms with E-state index in [2.05, 4.69) is 26.6 Å². The second-order valence-electron chi connectivity index (χ2n) is 9.99. The summed E-state index contributed by atoms with van der Waals surface area (Å²) in [5.74, 6) is 2.78. The molecule has 4 heterocycles. The van der Waals surface area contributed by atoms with Gasteiger partial charge in [0.15, 0.2) is 13.2 Å². The zero-order valence-electron chi connectivity index (χ0n) is 22.0. The van der Waals surface area contributed by atoms with Crippen molar-refractivity contribution in [2.75, 3.05) is 60.7 Å². The highest BCUT2D eigenvalue weighted by molar-refractivity contribution is 5.66. The van der Waals surface area contributed by atoms with E-state index in [-0.39, 0.29) is 31.1 Å². The molecule has 3 aromatic rings. The van der Waals surface area contributed by atoms with Crippen molar-refractivity contribution in [3.8, 4) is 17.0 Å². The van der Waals surface area contributed by atoms with E-state index in [9.17, 15) is 9.50 Å². The summed E-state index contributed by atoms with van der Waals surface area (Å²) in [5.41, 5.74) is 2.61. The molecule has 0 bridgehead atoms. The van der Waals surface area contributed by atoms with Gasteiger partial charge in [-0.05, 0) is 62.6 Å². The number of anilines is 3. The first-order chi connectivity index (χ1) is 18.5. The van der Waals surface area contributed by atoms with Gasteiger partial charge >= 0.3 is 0 Å². The Morgan fingerprint density at radius 1 is 1.11 bits per heavy atom. The lowest BCUT2D eigenvalue weighted by Gasteiger charge is -2.41. The van der Waals surface area contributed by atoms with Crippen LogP contribution in [0.25, 0.3) is 11.3 Å². The average Bonchev–Trinajstić information content (AvgIpc) is 3.41. The zero-order chi connectivity index (χ0) is 26.6. The lowest BCUT2D eigenvalue weighted by molar-refractivity contribution is 0.201. The Morgan fingerprint density at radius 3 is 2.63 bits per heavy atom. The molecule has 2 aromatic heterocycles. The summed E-state index contributed by atoms with van der Waals surface area (Å²) in [7, 11) is 0. The van der Waals surface area contributed by atoms with Crippen molar-refractivity contribution in [1.29, 1.82) is 0 Å². The quantitative estimate of drug-likeness (QED) is 0.450. The molecule has 2 atom stereocenters.